The third kappa shape index (κ3) is 5.63. The van der Waals surface area contributed by atoms with E-state index in [4.69, 9.17) is 11.6 Å². The molecule has 2 aromatic rings. The summed E-state index contributed by atoms with van der Waals surface area (Å²) in [4.78, 5) is 12.8. The standard InChI is InChI=1S/C19H20ClF3N2O3S/c1-4-17(18(26)24-14-7-5-6-13(10-14)19(21,22)23)25(29(3,27)28)15-9-8-12(2)16(20)11-15/h5-11,17H,4H2,1-3H3,(H,24,26)/t17-/m0/s1. The molecule has 29 heavy (non-hydrogen) atoms. The normalized spacial score (nSPS) is 13.1. The molecule has 0 spiro atoms. The van der Waals surface area contributed by atoms with Crippen LogP contribution in [0.5, 0.6) is 0 Å². The lowest BCUT2D eigenvalue weighted by atomic mass is 10.1. The van der Waals surface area contributed by atoms with Gasteiger partial charge in [0.05, 0.1) is 17.5 Å². The number of alkyl halides is 3. The Balaban J connectivity index is 2.40. The highest BCUT2D eigenvalue weighted by atomic mass is 35.5. The molecule has 0 heterocycles. The molecule has 0 bridgehead atoms. The maximum atomic E-state index is 12.9. The fourth-order valence-corrected chi connectivity index (χ4v) is 4.16. The molecular weight excluding hydrogens is 429 g/mol. The van der Waals surface area contributed by atoms with E-state index in [1.165, 1.54) is 18.2 Å². The van der Waals surface area contributed by atoms with E-state index in [1.807, 2.05) is 0 Å². The molecule has 1 N–H and O–H groups in total. The number of carbonyl (C=O) groups excluding carboxylic acids is 1. The molecule has 0 unspecified atom stereocenters. The summed E-state index contributed by atoms with van der Waals surface area (Å²) in [5.41, 5.74) is -0.0909. The Labute approximate surface area is 172 Å². The van der Waals surface area contributed by atoms with Gasteiger partial charge in [0.25, 0.3) is 0 Å². The van der Waals surface area contributed by atoms with E-state index in [1.54, 1.807) is 19.9 Å². The molecule has 2 aromatic carbocycles. The third-order valence-corrected chi connectivity index (χ3v) is 5.78. The van der Waals surface area contributed by atoms with Gasteiger partial charge in [-0.2, -0.15) is 13.2 Å². The average molecular weight is 449 g/mol. The monoisotopic (exact) mass is 448 g/mol. The second kappa shape index (κ2) is 8.62. The van der Waals surface area contributed by atoms with Crippen molar-refractivity contribution in [3.63, 3.8) is 0 Å². The number of halogens is 4. The van der Waals surface area contributed by atoms with Crippen molar-refractivity contribution in [1.29, 1.82) is 0 Å². The molecule has 0 fully saturated rings. The Morgan fingerprint density at radius 1 is 1.21 bits per heavy atom. The van der Waals surface area contributed by atoms with Gasteiger partial charge in [-0.05, 0) is 49.2 Å². The van der Waals surface area contributed by atoms with Crippen molar-refractivity contribution in [3.05, 3.63) is 58.6 Å². The third-order valence-electron chi connectivity index (χ3n) is 4.20. The number of anilines is 2. The molecule has 0 aliphatic rings. The van der Waals surface area contributed by atoms with Crippen LogP contribution >= 0.6 is 11.6 Å². The van der Waals surface area contributed by atoms with Gasteiger partial charge in [-0.25, -0.2) is 8.42 Å². The highest BCUT2D eigenvalue weighted by Gasteiger charge is 2.33. The van der Waals surface area contributed by atoms with Crippen molar-refractivity contribution in [2.45, 2.75) is 32.5 Å². The van der Waals surface area contributed by atoms with Gasteiger partial charge in [0.2, 0.25) is 15.9 Å². The van der Waals surface area contributed by atoms with Crippen LogP contribution in [-0.2, 0) is 21.0 Å². The number of nitrogens with zero attached hydrogens (tertiary/aromatic N) is 1. The predicted molar refractivity (Wildman–Crippen MR) is 108 cm³/mol. The summed E-state index contributed by atoms with van der Waals surface area (Å²) in [6.07, 6.45) is -3.54. The highest BCUT2D eigenvalue weighted by molar-refractivity contribution is 7.92. The smallest absolute Gasteiger partial charge is 0.324 e. The lowest BCUT2D eigenvalue weighted by Crippen LogP contribution is -2.47. The molecule has 1 amide bonds. The van der Waals surface area contributed by atoms with Crippen LogP contribution in [0.3, 0.4) is 0 Å². The molecule has 5 nitrogen and oxygen atoms in total. The van der Waals surface area contributed by atoms with Crippen LogP contribution in [0.1, 0.15) is 24.5 Å². The topological polar surface area (TPSA) is 66.5 Å². The van der Waals surface area contributed by atoms with Gasteiger partial charge in [-0.3, -0.25) is 9.10 Å². The molecule has 0 saturated heterocycles. The molecule has 2 rings (SSSR count). The summed E-state index contributed by atoms with van der Waals surface area (Å²) >= 11 is 6.10. The Morgan fingerprint density at radius 2 is 1.86 bits per heavy atom. The fraction of sp³-hybridized carbons (Fsp3) is 0.316. The van der Waals surface area contributed by atoms with Gasteiger partial charge in [-0.1, -0.05) is 30.7 Å². The second-order valence-corrected chi connectivity index (χ2v) is 8.75. The van der Waals surface area contributed by atoms with E-state index in [9.17, 15) is 26.4 Å². The number of carbonyl (C=O) groups is 1. The molecule has 0 aromatic heterocycles. The van der Waals surface area contributed by atoms with Crippen molar-refractivity contribution in [2.75, 3.05) is 15.9 Å². The van der Waals surface area contributed by atoms with Gasteiger partial charge >= 0.3 is 6.18 Å². The van der Waals surface area contributed by atoms with E-state index < -0.39 is 33.7 Å². The zero-order chi connectivity index (χ0) is 22.0. The van der Waals surface area contributed by atoms with Crippen molar-refractivity contribution >= 4 is 38.9 Å². The minimum absolute atomic E-state index is 0.0846. The van der Waals surface area contributed by atoms with Crippen LogP contribution in [0.25, 0.3) is 0 Å². The number of hydrogen-bond acceptors (Lipinski definition) is 3. The van der Waals surface area contributed by atoms with Crippen LogP contribution in [0.15, 0.2) is 42.5 Å². The van der Waals surface area contributed by atoms with E-state index in [0.717, 1.165) is 34.3 Å². The van der Waals surface area contributed by atoms with Gasteiger partial charge in [0.15, 0.2) is 0 Å². The Morgan fingerprint density at radius 3 is 2.38 bits per heavy atom. The first-order valence-electron chi connectivity index (χ1n) is 8.58. The van der Waals surface area contributed by atoms with Gasteiger partial charge in [0.1, 0.15) is 6.04 Å². The first-order valence-corrected chi connectivity index (χ1v) is 10.8. The van der Waals surface area contributed by atoms with Crippen LogP contribution in [0.4, 0.5) is 24.5 Å². The van der Waals surface area contributed by atoms with Crippen LogP contribution in [0.2, 0.25) is 5.02 Å². The van der Waals surface area contributed by atoms with Crippen molar-refractivity contribution in [2.24, 2.45) is 0 Å². The van der Waals surface area contributed by atoms with Crippen molar-refractivity contribution < 1.29 is 26.4 Å². The number of sulfonamides is 1. The number of rotatable bonds is 6. The number of amides is 1. The van der Waals surface area contributed by atoms with E-state index in [0.29, 0.717) is 5.02 Å². The van der Waals surface area contributed by atoms with Crippen LogP contribution in [0, 0.1) is 6.92 Å². The zero-order valence-electron chi connectivity index (χ0n) is 15.9. The lowest BCUT2D eigenvalue weighted by molar-refractivity contribution is -0.137. The Kier molecular flexibility index (Phi) is 6.85. The molecule has 0 radical (unpaired) electrons. The molecule has 10 heteroatoms. The van der Waals surface area contributed by atoms with Gasteiger partial charge < -0.3 is 5.32 Å². The summed E-state index contributed by atoms with van der Waals surface area (Å²) < 4.78 is 64.4. The molecule has 158 valence electrons. The van der Waals surface area contributed by atoms with Gasteiger partial charge in [-0.15, -0.1) is 0 Å². The maximum Gasteiger partial charge on any atom is 0.416 e. The van der Waals surface area contributed by atoms with E-state index in [2.05, 4.69) is 5.32 Å². The Hall–Kier alpha value is -2.26. The second-order valence-electron chi connectivity index (χ2n) is 6.48. The van der Waals surface area contributed by atoms with Crippen LogP contribution in [-0.4, -0.2) is 26.6 Å². The van der Waals surface area contributed by atoms with E-state index >= 15 is 0 Å². The predicted octanol–water partition coefficient (Wildman–Crippen LogP) is 4.85. The molecule has 1 atom stereocenters. The van der Waals surface area contributed by atoms with Gasteiger partial charge in [0, 0.05) is 10.7 Å². The van der Waals surface area contributed by atoms with E-state index in [-0.39, 0.29) is 17.8 Å². The number of benzene rings is 2. The number of hydrogen-bond donors (Lipinski definition) is 1. The van der Waals surface area contributed by atoms with Crippen LogP contribution < -0.4 is 9.62 Å². The summed E-state index contributed by atoms with van der Waals surface area (Å²) in [6.45, 7) is 3.35. The summed E-state index contributed by atoms with van der Waals surface area (Å²) in [5, 5.41) is 2.70. The minimum atomic E-state index is -4.57. The van der Waals surface area contributed by atoms with Crippen molar-refractivity contribution in [1.82, 2.24) is 0 Å². The number of nitrogens with one attached hydrogen (secondary N) is 1. The minimum Gasteiger partial charge on any atom is -0.324 e. The lowest BCUT2D eigenvalue weighted by Gasteiger charge is -2.30. The first kappa shape index (κ1) is 23.0. The Bertz CT molecular complexity index is 1010. The molecule has 0 aliphatic carbocycles. The summed E-state index contributed by atoms with van der Waals surface area (Å²) in [6, 6.07) is 7.51. The first-order chi connectivity index (χ1) is 13.3. The summed E-state index contributed by atoms with van der Waals surface area (Å²) in [7, 11) is -3.89. The summed E-state index contributed by atoms with van der Waals surface area (Å²) in [5.74, 6) is -0.756. The van der Waals surface area contributed by atoms with Crippen molar-refractivity contribution in [3.8, 4) is 0 Å². The quantitative estimate of drug-likeness (QED) is 0.687. The largest absolute Gasteiger partial charge is 0.416 e. The molecule has 0 saturated carbocycles. The molecule has 0 aliphatic heterocycles. The number of aryl methyl sites for hydroxylation is 1. The maximum absolute atomic E-state index is 12.9. The molecular formula is C19H20ClF3N2O3S. The zero-order valence-corrected chi connectivity index (χ0v) is 17.5. The highest BCUT2D eigenvalue weighted by Crippen LogP contribution is 2.31. The SMILES string of the molecule is CC[C@@H](C(=O)Nc1cccc(C(F)(F)F)c1)N(c1ccc(C)c(Cl)c1)S(C)(=O)=O. The average Bonchev–Trinajstić information content (AvgIpc) is 2.60. The fourth-order valence-electron chi connectivity index (χ4n) is 2.78.